The molecule has 1 unspecified atom stereocenters. The third-order valence-electron chi connectivity index (χ3n) is 5.47. The number of aryl methyl sites for hydroxylation is 1. The molecule has 0 aliphatic carbocycles. The van der Waals surface area contributed by atoms with Gasteiger partial charge in [-0.05, 0) is 31.5 Å². The van der Waals surface area contributed by atoms with Crippen LogP contribution in [0.3, 0.4) is 0 Å². The van der Waals surface area contributed by atoms with Crippen molar-refractivity contribution >= 4 is 51.6 Å². The maximum atomic E-state index is 12.6. The molecule has 0 spiro atoms. The molecule has 0 saturated carbocycles. The van der Waals surface area contributed by atoms with E-state index in [-0.39, 0.29) is 18.9 Å². The average molecular weight is 473 g/mol. The molecule has 0 bridgehead atoms. The number of benzene rings is 2. The zero-order valence-electron chi connectivity index (χ0n) is 18.4. The number of ether oxygens (including phenoxy) is 1. The lowest BCUT2D eigenvalue weighted by molar-refractivity contribution is -0.141. The molecule has 2 aromatic carbocycles. The molecule has 32 heavy (non-hydrogen) atoms. The van der Waals surface area contributed by atoms with E-state index in [2.05, 4.69) is 5.32 Å². The molecule has 1 amide bonds. The number of carbonyl (C=O) groups excluding carboxylic acids is 1. The summed E-state index contributed by atoms with van der Waals surface area (Å²) >= 11 is 12.2. The van der Waals surface area contributed by atoms with Crippen LogP contribution in [-0.2, 0) is 16.0 Å². The highest BCUT2D eigenvalue weighted by molar-refractivity contribution is 7.80. The van der Waals surface area contributed by atoms with E-state index in [1.165, 1.54) is 7.11 Å². The minimum Gasteiger partial charge on any atom is -0.495 e. The molecule has 3 rings (SSSR count). The summed E-state index contributed by atoms with van der Waals surface area (Å²) in [6.07, 6.45) is 0.0724. The normalized spacial score (nSPS) is 11.9. The fourth-order valence-corrected chi connectivity index (χ4v) is 4.13. The van der Waals surface area contributed by atoms with Gasteiger partial charge in [-0.25, -0.2) is 0 Å². The number of amides is 1. The van der Waals surface area contributed by atoms with E-state index in [9.17, 15) is 9.59 Å². The monoisotopic (exact) mass is 472 g/mol. The summed E-state index contributed by atoms with van der Waals surface area (Å²) in [7, 11) is 1.54. The van der Waals surface area contributed by atoms with Crippen molar-refractivity contribution in [3.8, 4) is 5.75 Å². The number of aliphatic carboxylic acids is 1. The van der Waals surface area contributed by atoms with Crippen LogP contribution in [0.2, 0.25) is 5.02 Å². The summed E-state index contributed by atoms with van der Waals surface area (Å²) in [4.78, 5) is 24.3. The largest absolute Gasteiger partial charge is 0.495 e. The van der Waals surface area contributed by atoms with Crippen LogP contribution in [0.25, 0.3) is 10.9 Å². The van der Waals surface area contributed by atoms with Crippen LogP contribution in [0.4, 0.5) is 0 Å². The van der Waals surface area contributed by atoms with Crippen LogP contribution in [0.5, 0.6) is 5.75 Å². The summed E-state index contributed by atoms with van der Waals surface area (Å²) in [5.74, 6) is -1.40. The maximum absolute atomic E-state index is 12.6. The van der Waals surface area contributed by atoms with Gasteiger partial charge in [-0.3, -0.25) is 9.59 Å². The van der Waals surface area contributed by atoms with E-state index in [0.29, 0.717) is 15.8 Å². The number of carbonyl (C=O) groups is 2. The second-order valence-electron chi connectivity index (χ2n) is 7.79. The van der Waals surface area contributed by atoms with Crippen LogP contribution in [0, 0.1) is 19.8 Å². The Hall–Kier alpha value is -2.90. The van der Waals surface area contributed by atoms with Crippen molar-refractivity contribution in [2.24, 2.45) is 5.92 Å². The lowest BCUT2D eigenvalue weighted by Gasteiger charge is -2.12. The summed E-state index contributed by atoms with van der Waals surface area (Å²) < 4.78 is 7.31. The van der Waals surface area contributed by atoms with Gasteiger partial charge in [0.25, 0.3) is 0 Å². The van der Waals surface area contributed by atoms with Gasteiger partial charge in [-0.1, -0.05) is 60.6 Å². The first-order valence-corrected chi connectivity index (χ1v) is 10.9. The molecule has 6 nitrogen and oxygen atoms in total. The molecular formula is C24H25ClN2O4S. The summed E-state index contributed by atoms with van der Waals surface area (Å²) in [6.45, 7) is 5.52. The number of hydrogen-bond acceptors (Lipinski definition) is 4. The minimum atomic E-state index is -0.957. The van der Waals surface area contributed by atoms with Crippen LogP contribution in [-0.4, -0.2) is 40.2 Å². The molecule has 8 heteroatoms. The van der Waals surface area contributed by atoms with Crippen LogP contribution in [0.15, 0.2) is 36.4 Å². The molecule has 0 aliphatic heterocycles. The first-order valence-electron chi connectivity index (χ1n) is 10.1. The SMILES string of the molecule is COc1cc2c(CC(=O)NCC(C)C(=O)O)c(C)n(C(=S)c3ccc(C)cc3)c2cc1Cl. The second-order valence-corrected chi connectivity index (χ2v) is 8.59. The van der Waals surface area contributed by atoms with E-state index in [1.807, 2.05) is 42.7 Å². The molecule has 2 N–H and O–H groups in total. The van der Waals surface area contributed by atoms with Crippen molar-refractivity contribution in [3.05, 3.63) is 63.8 Å². The Morgan fingerprint density at radius 3 is 2.47 bits per heavy atom. The van der Waals surface area contributed by atoms with Gasteiger partial charge in [0.05, 0.1) is 30.0 Å². The Morgan fingerprint density at radius 2 is 1.88 bits per heavy atom. The third kappa shape index (κ3) is 4.79. The van der Waals surface area contributed by atoms with Gasteiger partial charge >= 0.3 is 5.97 Å². The van der Waals surface area contributed by atoms with E-state index in [1.54, 1.807) is 19.1 Å². The summed E-state index contributed by atoms with van der Waals surface area (Å²) in [5, 5.41) is 13.0. The van der Waals surface area contributed by atoms with Gasteiger partial charge in [-0.15, -0.1) is 0 Å². The number of aromatic nitrogens is 1. The van der Waals surface area contributed by atoms with Crippen LogP contribution in [0.1, 0.15) is 29.3 Å². The number of thiocarbonyl (C=S) groups is 1. The van der Waals surface area contributed by atoms with Crippen molar-refractivity contribution < 1.29 is 19.4 Å². The number of hydrogen-bond donors (Lipinski definition) is 2. The predicted molar refractivity (Wildman–Crippen MR) is 130 cm³/mol. The molecule has 3 aromatic rings. The molecule has 1 aromatic heterocycles. The van der Waals surface area contributed by atoms with Gasteiger partial charge in [0.2, 0.25) is 5.91 Å². The van der Waals surface area contributed by atoms with Crippen molar-refractivity contribution in [1.82, 2.24) is 9.88 Å². The highest BCUT2D eigenvalue weighted by atomic mass is 35.5. The van der Waals surface area contributed by atoms with Gasteiger partial charge in [0, 0.05) is 23.2 Å². The topological polar surface area (TPSA) is 80.6 Å². The molecule has 1 atom stereocenters. The number of carboxylic acid groups (broad SMARTS) is 1. The van der Waals surface area contributed by atoms with Crippen molar-refractivity contribution in [1.29, 1.82) is 0 Å². The van der Waals surface area contributed by atoms with Gasteiger partial charge in [0.15, 0.2) is 0 Å². The zero-order chi connectivity index (χ0) is 23.6. The predicted octanol–water partition coefficient (Wildman–Crippen LogP) is 4.52. The zero-order valence-corrected chi connectivity index (χ0v) is 19.9. The molecule has 0 aliphatic rings. The van der Waals surface area contributed by atoms with Crippen molar-refractivity contribution in [3.63, 3.8) is 0 Å². The van der Waals surface area contributed by atoms with Gasteiger partial charge in [0.1, 0.15) is 10.7 Å². The standard InChI is InChI=1S/C24H25ClN2O4S/c1-13-5-7-16(8-6-13)23(32)27-15(3)17(10-22(28)26-12-14(2)24(29)30)18-9-21(31-4)19(25)11-20(18)27/h5-9,11,14H,10,12H2,1-4H3,(H,26,28)(H,29,30). The Labute approximate surface area is 197 Å². The Bertz CT molecular complexity index is 1200. The minimum absolute atomic E-state index is 0.0583. The number of nitrogens with zero attached hydrogens (tertiary/aromatic N) is 1. The Morgan fingerprint density at radius 1 is 1.22 bits per heavy atom. The maximum Gasteiger partial charge on any atom is 0.308 e. The fourth-order valence-electron chi connectivity index (χ4n) is 3.52. The van der Waals surface area contributed by atoms with Gasteiger partial charge < -0.3 is 19.7 Å². The summed E-state index contributed by atoms with van der Waals surface area (Å²) in [5.41, 5.74) is 4.39. The van der Waals surface area contributed by atoms with Crippen molar-refractivity contribution in [2.75, 3.05) is 13.7 Å². The van der Waals surface area contributed by atoms with E-state index >= 15 is 0 Å². The van der Waals surface area contributed by atoms with E-state index < -0.39 is 11.9 Å². The van der Waals surface area contributed by atoms with Crippen molar-refractivity contribution in [2.45, 2.75) is 27.2 Å². The van der Waals surface area contributed by atoms with E-state index in [0.717, 1.165) is 33.3 Å². The lowest BCUT2D eigenvalue weighted by Crippen LogP contribution is -2.32. The molecule has 0 fully saturated rings. The molecular weight excluding hydrogens is 448 g/mol. The average Bonchev–Trinajstić information content (AvgIpc) is 3.01. The molecule has 0 saturated heterocycles. The second kappa shape index (κ2) is 9.71. The number of fused-ring (bicyclic) bond motifs is 1. The highest BCUT2D eigenvalue weighted by Crippen LogP contribution is 2.35. The first-order chi connectivity index (χ1) is 15.1. The quantitative estimate of drug-likeness (QED) is 0.494. The molecule has 168 valence electrons. The number of rotatable bonds is 7. The molecule has 1 heterocycles. The Kier molecular flexibility index (Phi) is 7.21. The highest BCUT2D eigenvalue weighted by Gasteiger charge is 2.22. The van der Waals surface area contributed by atoms with E-state index in [4.69, 9.17) is 33.7 Å². The first kappa shape index (κ1) is 23.8. The Balaban J connectivity index is 2.06. The van der Waals surface area contributed by atoms with Crippen LogP contribution >= 0.6 is 23.8 Å². The number of carboxylic acids is 1. The summed E-state index contributed by atoms with van der Waals surface area (Å²) in [6, 6.07) is 11.5. The number of halogens is 1. The number of nitrogens with one attached hydrogen (secondary N) is 1. The lowest BCUT2D eigenvalue weighted by atomic mass is 10.1. The number of methoxy groups -OCH3 is 1. The smallest absolute Gasteiger partial charge is 0.308 e. The van der Waals surface area contributed by atoms with Crippen LogP contribution < -0.4 is 10.1 Å². The fraction of sp³-hybridized carbons (Fsp3) is 0.292. The third-order valence-corrected chi connectivity index (χ3v) is 6.19. The van der Waals surface area contributed by atoms with Gasteiger partial charge in [-0.2, -0.15) is 0 Å². The molecule has 0 radical (unpaired) electrons.